The summed E-state index contributed by atoms with van der Waals surface area (Å²) in [5.74, 6) is -1.68. The van der Waals surface area contributed by atoms with Crippen LogP contribution in [0.2, 0.25) is 0 Å². The molecule has 160 valence electrons. The fourth-order valence-corrected chi connectivity index (χ4v) is 4.33. The second-order valence-electron chi connectivity index (χ2n) is 8.00. The highest BCUT2D eigenvalue weighted by molar-refractivity contribution is 6.10. The lowest BCUT2D eigenvalue weighted by Gasteiger charge is -2.33. The summed E-state index contributed by atoms with van der Waals surface area (Å²) >= 11 is 0. The van der Waals surface area contributed by atoms with Gasteiger partial charge in [-0.05, 0) is 49.2 Å². The van der Waals surface area contributed by atoms with E-state index in [-0.39, 0.29) is 28.7 Å². The maximum atomic E-state index is 14.4. The summed E-state index contributed by atoms with van der Waals surface area (Å²) in [6.45, 7) is 0.369. The lowest BCUT2D eigenvalue weighted by molar-refractivity contribution is 0.0966. The van der Waals surface area contributed by atoms with Crippen LogP contribution < -0.4 is 15.4 Å². The van der Waals surface area contributed by atoms with E-state index in [4.69, 9.17) is 15.7 Å². The van der Waals surface area contributed by atoms with Crippen LogP contribution in [0.3, 0.4) is 0 Å². The van der Waals surface area contributed by atoms with Gasteiger partial charge < -0.3 is 15.4 Å². The van der Waals surface area contributed by atoms with Gasteiger partial charge in [-0.1, -0.05) is 0 Å². The largest absolute Gasteiger partial charge is 0.494 e. The van der Waals surface area contributed by atoms with Crippen molar-refractivity contribution in [1.29, 1.82) is 5.26 Å². The van der Waals surface area contributed by atoms with Crippen molar-refractivity contribution in [3.8, 4) is 17.5 Å². The minimum atomic E-state index is -0.736. The summed E-state index contributed by atoms with van der Waals surface area (Å²) < 4.78 is 20.7. The Bertz CT molecular complexity index is 1320. The zero-order chi connectivity index (χ0) is 22.6. The number of benzene rings is 2. The van der Waals surface area contributed by atoms with Crippen molar-refractivity contribution in [2.45, 2.75) is 18.3 Å². The average Bonchev–Trinajstić information content (AvgIpc) is 3.44. The highest BCUT2D eigenvalue weighted by atomic mass is 19.1. The third kappa shape index (κ3) is 2.84. The highest BCUT2D eigenvalue weighted by Gasteiger charge is 2.56. The number of fused-ring (bicyclic) bond motifs is 2. The van der Waals surface area contributed by atoms with E-state index in [1.54, 1.807) is 35.2 Å². The van der Waals surface area contributed by atoms with Crippen LogP contribution in [-0.2, 0) is 5.41 Å². The maximum absolute atomic E-state index is 14.4. The van der Waals surface area contributed by atoms with Crippen LogP contribution >= 0.6 is 0 Å². The average molecular weight is 431 g/mol. The molecule has 2 heterocycles. The molecule has 2 amide bonds. The molecule has 2 aliphatic rings. The lowest BCUT2D eigenvalue weighted by Crippen LogP contribution is -2.44. The van der Waals surface area contributed by atoms with Gasteiger partial charge in [0, 0.05) is 29.3 Å². The van der Waals surface area contributed by atoms with Crippen LogP contribution in [0, 0.1) is 17.1 Å². The molecule has 1 aromatic heterocycles. The Morgan fingerprint density at radius 2 is 1.91 bits per heavy atom. The van der Waals surface area contributed by atoms with Gasteiger partial charge in [-0.3, -0.25) is 9.59 Å². The number of nitrogens with two attached hydrogens (primary N) is 1. The summed E-state index contributed by atoms with van der Waals surface area (Å²) in [5, 5.41) is 13.4. The van der Waals surface area contributed by atoms with Crippen molar-refractivity contribution in [2.24, 2.45) is 5.73 Å². The molecule has 0 radical (unpaired) electrons. The van der Waals surface area contributed by atoms with Crippen LogP contribution in [0.15, 0.2) is 42.5 Å². The third-order valence-corrected chi connectivity index (χ3v) is 6.10. The minimum Gasteiger partial charge on any atom is -0.494 e. The zero-order valence-electron chi connectivity index (χ0n) is 17.1. The second-order valence-corrected chi connectivity index (χ2v) is 8.00. The molecule has 9 heteroatoms. The van der Waals surface area contributed by atoms with Crippen LogP contribution in [0.5, 0.6) is 5.75 Å². The first-order valence-corrected chi connectivity index (χ1v) is 9.98. The molecule has 2 N–H and O–H groups in total. The number of primary amides is 1. The van der Waals surface area contributed by atoms with E-state index < -0.39 is 17.1 Å². The maximum Gasteiger partial charge on any atom is 0.277 e. The van der Waals surface area contributed by atoms with Crippen molar-refractivity contribution in [3.05, 3.63) is 70.8 Å². The summed E-state index contributed by atoms with van der Waals surface area (Å²) in [6.07, 6.45) is 1.53. The molecule has 8 nitrogen and oxygen atoms in total. The molecule has 0 atom stereocenters. The molecular weight excluding hydrogens is 413 g/mol. The number of ether oxygens (including phenoxy) is 1. The number of methoxy groups -OCH3 is 1. The topological polar surface area (TPSA) is 114 Å². The van der Waals surface area contributed by atoms with E-state index in [2.05, 4.69) is 11.2 Å². The van der Waals surface area contributed by atoms with Gasteiger partial charge in [0.1, 0.15) is 5.69 Å². The Labute approximate surface area is 182 Å². The standard InChI is InChI=1S/C23H18FN5O3/c1-32-17-7-6-15(10-16(17)24)29-20-18(19(27-29)21(26)30)23(8-9-23)12-28(22(20)31)14-4-2-13(11-25)3-5-14/h2-7,10H,8-9,12H2,1H3,(H2,26,30). The summed E-state index contributed by atoms with van der Waals surface area (Å²) in [6, 6.07) is 13.0. The fraction of sp³-hybridized carbons (Fsp3) is 0.217. The molecule has 2 aromatic carbocycles. The van der Waals surface area contributed by atoms with E-state index in [1.807, 2.05) is 0 Å². The van der Waals surface area contributed by atoms with Crippen molar-refractivity contribution >= 4 is 17.5 Å². The molecule has 0 bridgehead atoms. The number of halogens is 1. The first-order valence-electron chi connectivity index (χ1n) is 9.98. The molecule has 1 aliphatic carbocycles. The van der Waals surface area contributed by atoms with Gasteiger partial charge >= 0.3 is 0 Å². The lowest BCUT2D eigenvalue weighted by atomic mass is 9.88. The molecule has 32 heavy (non-hydrogen) atoms. The number of nitriles is 1. The summed E-state index contributed by atoms with van der Waals surface area (Å²) in [7, 11) is 1.36. The number of aromatic nitrogens is 2. The van der Waals surface area contributed by atoms with Gasteiger partial charge in [-0.25, -0.2) is 9.07 Å². The minimum absolute atomic E-state index is 0.0292. The van der Waals surface area contributed by atoms with E-state index in [0.717, 1.165) is 12.8 Å². The predicted molar refractivity (Wildman–Crippen MR) is 112 cm³/mol. The SMILES string of the molecule is COc1ccc(-n2nc(C(N)=O)c3c2C(=O)N(c2ccc(C#N)cc2)CC32CC2)cc1F. The van der Waals surface area contributed by atoms with Gasteiger partial charge in [0.15, 0.2) is 17.3 Å². The molecular formula is C23H18FN5O3. The molecule has 0 unspecified atom stereocenters. The number of anilines is 1. The molecule has 1 saturated carbocycles. The van der Waals surface area contributed by atoms with Crippen LogP contribution in [-0.4, -0.2) is 35.2 Å². The number of carbonyl (C=O) groups is 2. The van der Waals surface area contributed by atoms with Gasteiger partial charge in [-0.15, -0.1) is 0 Å². The van der Waals surface area contributed by atoms with Crippen molar-refractivity contribution in [1.82, 2.24) is 9.78 Å². The Hall–Kier alpha value is -4.19. The molecule has 3 aromatic rings. The van der Waals surface area contributed by atoms with Crippen molar-refractivity contribution in [3.63, 3.8) is 0 Å². The van der Waals surface area contributed by atoms with Crippen LogP contribution in [0.25, 0.3) is 5.69 Å². The van der Waals surface area contributed by atoms with Gasteiger partial charge in [0.05, 0.1) is 24.4 Å². The van der Waals surface area contributed by atoms with Crippen molar-refractivity contribution < 1.29 is 18.7 Å². The first-order chi connectivity index (χ1) is 15.4. The normalized spacial score (nSPS) is 15.9. The Balaban J connectivity index is 1.70. The van der Waals surface area contributed by atoms with E-state index in [9.17, 15) is 14.0 Å². The van der Waals surface area contributed by atoms with E-state index in [1.165, 1.54) is 23.9 Å². The molecule has 1 aliphatic heterocycles. The molecule has 0 saturated heterocycles. The molecule has 1 spiro atoms. The monoisotopic (exact) mass is 431 g/mol. The first kappa shape index (κ1) is 19.8. The van der Waals surface area contributed by atoms with E-state index in [0.29, 0.717) is 23.4 Å². The summed E-state index contributed by atoms with van der Waals surface area (Å²) in [5.41, 5.74) is 7.30. The smallest absolute Gasteiger partial charge is 0.277 e. The number of amides is 2. The van der Waals surface area contributed by atoms with Crippen molar-refractivity contribution in [2.75, 3.05) is 18.6 Å². The third-order valence-electron chi connectivity index (χ3n) is 6.10. The Kier molecular flexibility index (Phi) is 4.27. The van der Waals surface area contributed by atoms with Gasteiger partial charge in [-0.2, -0.15) is 10.4 Å². The number of carbonyl (C=O) groups excluding carboxylic acids is 2. The molecule has 5 rings (SSSR count). The second kappa shape index (κ2) is 6.92. The van der Waals surface area contributed by atoms with E-state index >= 15 is 0 Å². The summed E-state index contributed by atoms with van der Waals surface area (Å²) in [4.78, 5) is 27.5. The highest BCUT2D eigenvalue weighted by Crippen LogP contribution is 2.54. The Morgan fingerprint density at radius 3 is 2.47 bits per heavy atom. The Morgan fingerprint density at radius 1 is 1.22 bits per heavy atom. The molecule has 1 fully saturated rings. The number of hydrogen-bond acceptors (Lipinski definition) is 5. The zero-order valence-corrected chi connectivity index (χ0v) is 17.1. The van der Waals surface area contributed by atoms with Gasteiger partial charge in [0.25, 0.3) is 11.8 Å². The number of rotatable bonds is 4. The van der Waals surface area contributed by atoms with Gasteiger partial charge in [0.2, 0.25) is 0 Å². The number of nitrogens with zero attached hydrogens (tertiary/aromatic N) is 4. The fourth-order valence-electron chi connectivity index (χ4n) is 4.33. The van der Waals surface area contributed by atoms with Crippen LogP contribution in [0.1, 0.15) is 44.9 Å². The number of hydrogen-bond donors (Lipinski definition) is 1. The van der Waals surface area contributed by atoms with Crippen LogP contribution in [0.4, 0.5) is 10.1 Å². The predicted octanol–water partition coefficient (Wildman–Crippen LogP) is 2.68. The quantitative estimate of drug-likeness (QED) is 0.682.